The molecule has 1 saturated carbocycles. The van der Waals surface area contributed by atoms with E-state index in [4.69, 9.17) is 34.2 Å². The Hall–Kier alpha value is -9.49. The van der Waals surface area contributed by atoms with Crippen molar-refractivity contribution < 1.29 is 78.8 Å². The molecule has 1 aliphatic carbocycles. The molecular formula is C65H72N6O17S2. The molecule has 476 valence electrons. The second kappa shape index (κ2) is 28.3. The molecule has 4 aliphatic rings. The molecule has 10 rings (SSSR count). The quantitative estimate of drug-likeness (QED) is 0.0513. The van der Waals surface area contributed by atoms with Crippen molar-refractivity contribution in [3.8, 4) is 34.5 Å². The van der Waals surface area contributed by atoms with Crippen molar-refractivity contribution >= 4 is 72.4 Å². The predicted molar refractivity (Wildman–Crippen MR) is 335 cm³/mol. The number of anilines is 2. The van der Waals surface area contributed by atoms with E-state index < -0.39 is 67.2 Å². The third kappa shape index (κ3) is 15.3. The zero-order valence-electron chi connectivity index (χ0n) is 51.3. The van der Waals surface area contributed by atoms with Gasteiger partial charge in [0.1, 0.15) is 19.7 Å². The molecule has 3 atom stereocenters. The van der Waals surface area contributed by atoms with Crippen LogP contribution in [0.3, 0.4) is 0 Å². The van der Waals surface area contributed by atoms with Crippen molar-refractivity contribution in [3.63, 3.8) is 0 Å². The number of amides is 7. The molecule has 0 aromatic heterocycles. The standard InChI is InChI=1S/C24H28N2O6S.C22H24N2O7S.C19H20N2O4/c1-4-32-21-12-16(10-11-20(21)31-2)19(14-33(3,29)30)26-13-17-6-5-7-18(22(17)24(26)28)25-23(27)15-8-9-15;1-5-31-19-11-14(9-10-18(19)30-3)17(12-32(4,28)29)24-21(26)15-7-6-8-16(23-13(2)25)20(15)22(24)27;1-24-16-8-7-12(9-17(16)25-2)15(10-18(20)22)21-11-13-5-3-4-6-14(13)19(21)23/h5-7,10-12,15,19H,4,8-9,13-14H2,1-3H3,(H,25,27);6-11,17H,5,12H2,1-4H3,(H,23,25);3-9,15H,10-11H2,1-2H3,(H2,20,22). The summed E-state index contributed by atoms with van der Waals surface area (Å²) in [6.07, 6.45) is 3.94. The number of primary amides is 1. The first kappa shape index (κ1) is 66.5. The van der Waals surface area contributed by atoms with Crippen LogP contribution in [0.15, 0.2) is 115 Å². The van der Waals surface area contributed by atoms with Crippen LogP contribution in [0.4, 0.5) is 11.4 Å². The normalized spacial score (nSPS) is 15.0. The Labute approximate surface area is 522 Å². The Morgan fingerprint density at radius 2 is 1.00 bits per heavy atom. The van der Waals surface area contributed by atoms with Gasteiger partial charge in [-0.3, -0.25) is 38.5 Å². The van der Waals surface area contributed by atoms with Gasteiger partial charge in [-0.25, -0.2) is 16.8 Å². The number of hydrogen-bond donors (Lipinski definition) is 3. The second-order valence-electron chi connectivity index (χ2n) is 21.7. The van der Waals surface area contributed by atoms with Gasteiger partial charge in [-0.05, 0) is 115 Å². The van der Waals surface area contributed by atoms with Crippen LogP contribution in [-0.2, 0) is 47.1 Å². The summed E-state index contributed by atoms with van der Waals surface area (Å²) < 4.78 is 81.6. The molecule has 0 saturated heterocycles. The minimum absolute atomic E-state index is 0.00253. The maximum absolute atomic E-state index is 13.5. The van der Waals surface area contributed by atoms with Crippen LogP contribution < -0.4 is 44.8 Å². The van der Waals surface area contributed by atoms with E-state index in [9.17, 15) is 50.4 Å². The summed E-state index contributed by atoms with van der Waals surface area (Å²) in [7, 11) is -0.929. The third-order valence-corrected chi connectivity index (χ3v) is 17.0. The SMILES string of the molecule is CCOc1cc(C(CS(C)(=O)=O)N2C(=O)c3cccc(NC(C)=O)c3C2=O)ccc1OC.CCOc1cc(C(CS(C)(=O)=O)N2Cc3cccc(NC(=O)C4CC4)c3C2=O)ccc1OC.COc1ccc(C(CC(N)=O)N2Cc3ccccc3C2=O)cc1OC. The number of ether oxygens (including phenoxy) is 6. The summed E-state index contributed by atoms with van der Waals surface area (Å²) in [6, 6.07) is 30.3. The highest BCUT2D eigenvalue weighted by molar-refractivity contribution is 7.90. The number of nitrogens with one attached hydrogen (secondary N) is 2. The molecule has 0 spiro atoms. The number of nitrogens with two attached hydrogens (primary N) is 1. The number of sulfone groups is 2. The number of nitrogens with zero attached hydrogens (tertiary/aromatic N) is 3. The van der Waals surface area contributed by atoms with Crippen molar-refractivity contribution in [2.45, 2.75) is 71.2 Å². The van der Waals surface area contributed by atoms with Gasteiger partial charge in [0, 0.05) is 44.0 Å². The number of benzene rings is 6. The number of carbonyl (C=O) groups excluding carboxylic acids is 7. The molecule has 6 aromatic rings. The van der Waals surface area contributed by atoms with Gasteiger partial charge in [0.2, 0.25) is 17.7 Å². The molecule has 90 heavy (non-hydrogen) atoms. The maximum atomic E-state index is 13.5. The summed E-state index contributed by atoms with van der Waals surface area (Å²) in [5.74, 6) is -0.472. The first-order valence-electron chi connectivity index (χ1n) is 28.7. The van der Waals surface area contributed by atoms with Crippen LogP contribution in [0.2, 0.25) is 0 Å². The molecule has 4 N–H and O–H groups in total. The lowest BCUT2D eigenvalue weighted by Crippen LogP contribution is -2.37. The summed E-state index contributed by atoms with van der Waals surface area (Å²) in [5.41, 5.74) is 10.8. The third-order valence-electron chi connectivity index (χ3n) is 15.2. The Balaban J connectivity index is 0.000000176. The Bertz CT molecular complexity index is 4000. The zero-order valence-corrected chi connectivity index (χ0v) is 53.0. The minimum Gasteiger partial charge on any atom is -0.493 e. The van der Waals surface area contributed by atoms with E-state index in [1.54, 1.807) is 104 Å². The van der Waals surface area contributed by atoms with Gasteiger partial charge in [-0.15, -0.1) is 0 Å². The predicted octanol–water partition coefficient (Wildman–Crippen LogP) is 7.89. The first-order chi connectivity index (χ1) is 42.8. The first-order valence-corrected chi connectivity index (χ1v) is 32.8. The van der Waals surface area contributed by atoms with Crippen molar-refractivity contribution in [3.05, 3.63) is 165 Å². The van der Waals surface area contributed by atoms with Gasteiger partial charge in [-0.1, -0.05) is 54.6 Å². The van der Waals surface area contributed by atoms with Gasteiger partial charge in [0.15, 0.2) is 34.5 Å². The van der Waals surface area contributed by atoms with E-state index in [2.05, 4.69) is 10.6 Å². The molecule has 25 heteroatoms. The molecule has 7 amide bonds. The van der Waals surface area contributed by atoms with Crippen molar-refractivity contribution in [2.24, 2.45) is 11.7 Å². The van der Waals surface area contributed by atoms with Crippen molar-refractivity contribution in [2.75, 3.05) is 76.3 Å². The van der Waals surface area contributed by atoms with Crippen LogP contribution in [0.1, 0.15) is 127 Å². The second-order valence-corrected chi connectivity index (χ2v) is 26.1. The van der Waals surface area contributed by atoms with E-state index in [1.165, 1.54) is 33.3 Å². The summed E-state index contributed by atoms with van der Waals surface area (Å²) in [6.45, 7) is 6.36. The number of carbonyl (C=O) groups is 7. The zero-order chi connectivity index (χ0) is 65.4. The number of hydrogen-bond acceptors (Lipinski definition) is 17. The van der Waals surface area contributed by atoms with Gasteiger partial charge in [0.25, 0.3) is 23.6 Å². The van der Waals surface area contributed by atoms with Crippen LogP contribution in [-0.4, -0.2) is 139 Å². The molecule has 3 aliphatic heterocycles. The number of fused-ring (bicyclic) bond motifs is 3. The lowest BCUT2D eigenvalue weighted by molar-refractivity contribution is -0.119. The van der Waals surface area contributed by atoms with Gasteiger partial charge < -0.3 is 54.6 Å². The average molecular weight is 1270 g/mol. The highest BCUT2D eigenvalue weighted by Crippen LogP contribution is 2.42. The molecule has 3 heterocycles. The molecule has 23 nitrogen and oxygen atoms in total. The van der Waals surface area contributed by atoms with Crippen LogP contribution in [0.5, 0.6) is 34.5 Å². The van der Waals surface area contributed by atoms with E-state index in [1.807, 2.05) is 37.3 Å². The van der Waals surface area contributed by atoms with Crippen LogP contribution in [0.25, 0.3) is 0 Å². The highest BCUT2D eigenvalue weighted by atomic mass is 32.2. The fraction of sp³-hybridized carbons (Fsp3) is 0.338. The summed E-state index contributed by atoms with van der Waals surface area (Å²) in [5, 5.41) is 5.43. The molecule has 0 radical (unpaired) electrons. The largest absolute Gasteiger partial charge is 0.493 e. The number of methoxy groups -OCH3 is 4. The topological polar surface area (TPSA) is 303 Å². The van der Waals surface area contributed by atoms with Gasteiger partial charge in [-0.2, -0.15) is 0 Å². The molecule has 6 aromatic carbocycles. The minimum atomic E-state index is -3.60. The van der Waals surface area contributed by atoms with E-state index in [0.717, 1.165) is 46.9 Å². The van der Waals surface area contributed by atoms with Crippen molar-refractivity contribution in [1.82, 2.24) is 14.7 Å². The fourth-order valence-electron chi connectivity index (χ4n) is 11.0. The monoisotopic (exact) mass is 1270 g/mol. The summed E-state index contributed by atoms with van der Waals surface area (Å²) in [4.78, 5) is 92.6. The Kier molecular flexibility index (Phi) is 20.9. The number of rotatable bonds is 23. The molecule has 1 fully saturated rings. The number of imide groups is 1. The van der Waals surface area contributed by atoms with Crippen molar-refractivity contribution in [1.29, 1.82) is 0 Å². The average Bonchev–Trinajstić information content (AvgIpc) is 1.65. The molecule has 0 bridgehead atoms. The Morgan fingerprint density at radius 3 is 1.52 bits per heavy atom. The molecular weight excluding hydrogens is 1200 g/mol. The fourth-order valence-corrected chi connectivity index (χ4v) is 12.8. The van der Waals surface area contributed by atoms with Crippen LogP contribution in [0, 0.1) is 5.92 Å². The van der Waals surface area contributed by atoms with Gasteiger partial charge in [0.05, 0.1) is 106 Å². The lowest BCUT2D eigenvalue weighted by Gasteiger charge is -2.28. The van der Waals surface area contributed by atoms with Crippen LogP contribution >= 0.6 is 0 Å². The molecule has 3 unspecified atom stereocenters. The van der Waals surface area contributed by atoms with E-state index in [-0.39, 0.29) is 59.2 Å². The summed E-state index contributed by atoms with van der Waals surface area (Å²) >= 11 is 0. The highest BCUT2D eigenvalue weighted by Gasteiger charge is 2.44. The van der Waals surface area contributed by atoms with E-state index >= 15 is 0 Å². The smallest absolute Gasteiger partial charge is 0.264 e. The Morgan fingerprint density at radius 1 is 0.533 bits per heavy atom. The maximum Gasteiger partial charge on any atom is 0.264 e. The van der Waals surface area contributed by atoms with E-state index in [0.29, 0.717) is 82.2 Å². The van der Waals surface area contributed by atoms with Gasteiger partial charge >= 0.3 is 0 Å². The lowest BCUT2D eigenvalue weighted by atomic mass is 10.0.